The van der Waals surface area contributed by atoms with E-state index in [4.69, 9.17) is 9.47 Å². The van der Waals surface area contributed by atoms with Gasteiger partial charge in [0.15, 0.2) is 10.9 Å². The van der Waals surface area contributed by atoms with Crippen LogP contribution in [-0.2, 0) is 16.0 Å². The number of aliphatic hydroxyl groups is 1. The average Bonchev–Trinajstić information content (AvgIpc) is 3.44. The molecule has 3 atom stereocenters. The number of likely N-dealkylation sites (tertiary alicyclic amines) is 1. The molecule has 0 saturated carbocycles. The summed E-state index contributed by atoms with van der Waals surface area (Å²) < 4.78 is 11.7. The maximum absolute atomic E-state index is 9.48. The Morgan fingerprint density at radius 1 is 1.28 bits per heavy atom. The van der Waals surface area contributed by atoms with Crippen LogP contribution < -0.4 is 5.32 Å². The quantitative estimate of drug-likeness (QED) is 0.616. The molecule has 7 heteroatoms. The maximum atomic E-state index is 9.48. The summed E-state index contributed by atoms with van der Waals surface area (Å²) in [6, 6.07) is 9.29. The van der Waals surface area contributed by atoms with Crippen molar-refractivity contribution in [2.24, 2.45) is 5.41 Å². The average molecular weight is 454 g/mol. The fraction of sp³-hybridized carbons (Fsp3) is 0.480. The third-order valence-corrected chi connectivity index (χ3v) is 7.61. The number of nitrogens with zero attached hydrogens (tertiary/aromatic N) is 2. The molecule has 3 heterocycles. The highest BCUT2D eigenvalue weighted by molar-refractivity contribution is 7.18. The van der Waals surface area contributed by atoms with Crippen LogP contribution in [-0.4, -0.2) is 47.0 Å². The second-order valence-electron chi connectivity index (χ2n) is 9.18. The highest BCUT2D eigenvalue weighted by Crippen LogP contribution is 2.44. The molecule has 1 fully saturated rings. The van der Waals surface area contributed by atoms with Crippen molar-refractivity contribution in [2.45, 2.75) is 51.9 Å². The van der Waals surface area contributed by atoms with Crippen LogP contribution in [0, 0.1) is 5.41 Å². The zero-order valence-electron chi connectivity index (χ0n) is 18.7. The standard InChI is InChI=1S/C25H31N3O3S/c1-17(29)27-24-26-15-22(32-24)19-7-5-18(6-8-19)16-28-11-3-4-23(28)25(2)10-9-20-21(14-25)31-13-12-30-20/h5-10,15,17,23,29H,3-4,11-14,16H2,1-2H3,(H,26,27)/t17?,23-,25?/m1/s1. The number of aromatic nitrogens is 1. The molecule has 1 saturated heterocycles. The van der Waals surface area contributed by atoms with Gasteiger partial charge < -0.3 is 19.9 Å². The minimum Gasteiger partial charge on any atom is -0.490 e. The zero-order chi connectivity index (χ0) is 22.1. The predicted molar refractivity (Wildman–Crippen MR) is 127 cm³/mol. The van der Waals surface area contributed by atoms with Crippen LogP contribution in [0.3, 0.4) is 0 Å². The van der Waals surface area contributed by atoms with E-state index >= 15 is 0 Å². The van der Waals surface area contributed by atoms with Gasteiger partial charge in [-0.15, -0.1) is 0 Å². The SMILES string of the molecule is CC(O)Nc1ncc(-c2ccc(CN3CCC[C@@H]3C3(C)C=CC4=C(C3)OCCO4)cc2)s1. The fourth-order valence-electron chi connectivity index (χ4n) is 5.07. The number of anilines is 1. The maximum Gasteiger partial charge on any atom is 0.185 e. The molecular weight excluding hydrogens is 422 g/mol. The van der Waals surface area contributed by atoms with Crippen molar-refractivity contribution >= 4 is 16.5 Å². The Labute approximate surface area is 193 Å². The van der Waals surface area contributed by atoms with Crippen LogP contribution in [0.1, 0.15) is 38.7 Å². The van der Waals surface area contributed by atoms with Gasteiger partial charge >= 0.3 is 0 Å². The van der Waals surface area contributed by atoms with Gasteiger partial charge in [0.1, 0.15) is 25.2 Å². The van der Waals surface area contributed by atoms with E-state index in [-0.39, 0.29) is 5.41 Å². The smallest absolute Gasteiger partial charge is 0.185 e. The van der Waals surface area contributed by atoms with Crippen molar-refractivity contribution in [2.75, 3.05) is 25.1 Å². The number of thiazole rings is 1. The third-order valence-electron chi connectivity index (χ3n) is 6.64. The highest BCUT2D eigenvalue weighted by Gasteiger charge is 2.42. The van der Waals surface area contributed by atoms with E-state index in [1.54, 1.807) is 18.3 Å². The molecule has 1 aromatic carbocycles. The molecule has 6 nitrogen and oxygen atoms in total. The first-order chi connectivity index (χ1) is 15.5. The molecule has 0 spiro atoms. The molecule has 0 radical (unpaired) electrons. The summed E-state index contributed by atoms with van der Waals surface area (Å²) in [5.74, 6) is 1.94. The third kappa shape index (κ3) is 4.42. The second-order valence-corrected chi connectivity index (χ2v) is 10.2. The first-order valence-electron chi connectivity index (χ1n) is 11.4. The van der Waals surface area contributed by atoms with Gasteiger partial charge in [-0.3, -0.25) is 4.90 Å². The summed E-state index contributed by atoms with van der Waals surface area (Å²) in [6.07, 6.45) is 9.07. The Morgan fingerprint density at radius 3 is 2.91 bits per heavy atom. The van der Waals surface area contributed by atoms with Gasteiger partial charge in [0.05, 0.1) is 4.88 Å². The predicted octanol–water partition coefficient (Wildman–Crippen LogP) is 4.75. The Balaban J connectivity index is 1.26. The Kier molecular flexibility index (Phi) is 5.97. The molecule has 1 aliphatic carbocycles. The van der Waals surface area contributed by atoms with E-state index in [0.29, 0.717) is 19.3 Å². The second kappa shape index (κ2) is 8.89. The fourth-order valence-corrected chi connectivity index (χ4v) is 5.97. The van der Waals surface area contributed by atoms with Crippen molar-refractivity contribution in [3.05, 3.63) is 59.7 Å². The molecule has 2 aromatic rings. The van der Waals surface area contributed by atoms with Gasteiger partial charge in [-0.25, -0.2) is 4.98 Å². The minimum absolute atomic E-state index is 0.0614. The van der Waals surface area contributed by atoms with Gasteiger partial charge in [0.25, 0.3) is 0 Å². The van der Waals surface area contributed by atoms with E-state index in [2.05, 4.69) is 58.5 Å². The molecule has 170 valence electrons. The van der Waals surface area contributed by atoms with Crippen LogP contribution in [0.5, 0.6) is 0 Å². The van der Waals surface area contributed by atoms with E-state index in [9.17, 15) is 5.11 Å². The lowest BCUT2D eigenvalue weighted by atomic mass is 9.74. The van der Waals surface area contributed by atoms with Gasteiger partial charge in [0, 0.05) is 30.6 Å². The number of allylic oxidation sites excluding steroid dienone is 2. The molecule has 1 aromatic heterocycles. The lowest BCUT2D eigenvalue weighted by Crippen LogP contribution is -2.43. The van der Waals surface area contributed by atoms with E-state index in [1.807, 2.05) is 6.20 Å². The van der Waals surface area contributed by atoms with E-state index in [1.165, 1.54) is 18.4 Å². The normalized spacial score (nSPS) is 26.4. The summed E-state index contributed by atoms with van der Waals surface area (Å²) in [7, 11) is 0. The number of ether oxygens (including phenoxy) is 2. The zero-order valence-corrected chi connectivity index (χ0v) is 19.5. The van der Waals surface area contributed by atoms with Crippen LogP contribution in [0.2, 0.25) is 0 Å². The number of benzene rings is 1. The van der Waals surface area contributed by atoms with Crippen molar-refractivity contribution in [1.29, 1.82) is 0 Å². The minimum atomic E-state index is -0.606. The number of rotatable bonds is 6. The topological polar surface area (TPSA) is 66.9 Å². The van der Waals surface area contributed by atoms with E-state index in [0.717, 1.165) is 46.6 Å². The van der Waals surface area contributed by atoms with Crippen LogP contribution >= 0.6 is 11.3 Å². The molecular formula is C25H31N3O3S. The molecule has 32 heavy (non-hydrogen) atoms. The lowest BCUT2D eigenvalue weighted by Gasteiger charge is -2.41. The molecule has 2 aliphatic heterocycles. The lowest BCUT2D eigenvalue weighted by molar-refractivity contribution is 0.0403. The van der Waals surface area contributed by atoms with Gasteiger partial charge in [-0.2, -0.15) is 0 Å². The van der Waals surface area contributed by atoms with Gasteiger partial charge in [-0.1, -0.05) is 48.6 Å². The van der Waals surface area contributed by atoms with Crippen LogP contribution in [0.15, 0.2) is 54.1 Å². The summed E-state index contributed by atoms with van der Waals surface area (Å²) >= 11 is 1.55. The van der Waals surface area contributed by atoms with Gasteiger partial charge in [-0.05, 0) is 43.5 Å². The molecule has 0 bridgehead atoms. The Morgan fingerprint density at radius 2 is 2.09 bits per heavy atom. The number of hydrogen-bond donors (Lipinski definition) is 2. The van der Waals surface area contributed by atoms with Crippen LogP contribution in [0.4, 0.5) is 5.13 Å². The molecule has 0 amide bonds. The first-order valence-corrected chi connectivity index (χ1v) is 12.2. The summed E-state index contributed by atoms with van der Waals surface area (Å²) in [4.78, 5) is 8.07. The monoisotopic (exact) mass is 453 g/mol. The number of aliphatic hydroxyl groups excluding tert-OH is 1. The van der Waals surface area contributed by atoms with Gasteiger partial charge in [0.2, 0.25) is 0 Å². The molecule has 2 N–H and O–H groups in total. The van der Waals surface area contributed by atoms with Crippen LogP contribution in [0.25, 0.3) is 10.4 Å². The van der Waals surface area contributed by atoms with E-state index < -0.39 is 6.23 Å². The summed E-state index contributed by atoms with van der Waals surface area (Å²) in [5.41, 5.74) is 2.54. The Hall–Kier alpha value is -2.35. The van der Waals surface area contributed by atoms with Crippen molar-refractivity contribution in [3.63, 3.8) is 0 Å². The molecule has 3 aliphatic rings. The van der Waals surface area contributed by atoms with Crippen molar-refractivity contribution < 1.29 is 14.6 Å². The van der Waals surface area contributed by atoms with Crippen molar-refractivity contribution in [3.8, 4) is 10.4 Å². The largest absolute Gasteiger partial charge is 0.490 e. The first kappa shape index (κ1) is 21.5. The highest BCUT2D eigenvalue weighted by atomic mass is 32.1. The summed E-state index contributed by atoms with van der Waals surface area (Å²) in [5, 5.41) is 13.2. The number of hydrogen-bond acceptors (Lipinski definition) is 7. The molecule has 2 unspecified atom stereocenters. The summed E-state index contributed by atoms with van der Waals surface area (Å²) in [6.45, 7) is 7.43. The van der Waals surface area contributed by atoms with Crippen molar-refractivity contribution in [1.82, 2.24) is 9.88 Å². The Bertz CT molecular complexity index is 1010. The number of nitrogens with one attached hydrogen (secondary N) is 1. The molecule has 5 rings (SSSR count).